The molecule has 2 heterocycles. The summed E-state index contributed by atoms with van der Waals surface area (Å²) >= 11 is 0. The highest BCUT2D eigenvalue weighted by Gasteiger charge is 2.35. The molecule has 7 heteroatoms. The highest BCUT2D eigenvalue weighted by Crippen LogP contribution is 2.22. The summed E-state index contributed by atoms with van der Waals surface area (Å²) in [7, 11) is 0. The van der Waals surface area contributed by atoms with Crippen LogP contribution >= 0.6 is 0 Å². The van der Waals surface area contributed by atoms with Gasteiger partial charge in [0.05, 0.1) is 22.8 Å². The fraction of sp³-hybridized carbons (Fsp3) is 0.273. The van der Waals surface area contributed by atoms with Gasteiger partial charge in [-0.15, -0.1) is 0 Å². The van der Waals surface area contributed by atoms with Crippen molar-refractivity contribution in [2.75, 3.05) is 39.3 Å². The molecule has 1 fully saturated rings. The molecule has 3 amide bonds. The fourth-order valence-electron chi connectivity index (χ4n) is 3.76. The van der Waals surface area contributed by atoms with Gasteiger partial charge < -0.3 is 4.90 Å². The molecular weight excluding hydrogens is 368 g/mol. The summed E-state index contributed by atoms with van der Waals surface area (Å²) in [4.78, 5) is 42.8. The van der Waals surface area contributed by atoms with Crippen molar-refractivity contribution in [3.05, 3.63) is 70.8 Å². The van der Waals surface area contributed by atoms with Gasteiger partial charge in [-0.2, -0.15) is 5.26 Å². The van der Waals surface area contributed by atoms with E-state index in [-0.39, 0.29) is 17.7 Å². The summed E-state index contributed by atoms with van der Waals surface area (Å²) in [5.41, 5.74) is 1.92. The first-order chi connectivity index (χ1) is 14.1. The summed E-state index contributed by atoms with van der Waals surface area (Å²) < 4.78 is 0. The molecule has 29 heavy (non-hydrogen) atoms. The van der Waals surface area contributed by atoms with E-state index in [1.54, 1.807) is 53.4 Å². The molecule has 0 atom stereocenters. The Morgan fingerprint density at radius 2 is 1.55 bits per heavy atom. The smallest absolute Gasteiger partial charge is 0.261 e. The third-order valence-corrected chi connectivity index (χ3v) is 5.42. The molecule has 0 saturated carbocycles. The zero-order valence-corrected chi connectivity index (χ0v) is 15.9. The number of rotatable bonds is 4. The van der Waals surface area contributed by atoms with Gasteiger partial charge in [0, 0.05) is 44.8 Å². The van der Waals surface area contributed by atoms with E-state index < -0.39 is 0 Å². The second-order valence-electron chi connectivity index (χ2n) is 7.13. The standard InChI is InChI=1S/C22H20N4O3/c23-15-16-4-3-5-17(14-16)20(27)25-11-8-24(9-12-25)10-13-26-21(28)18-6-1-2-7-19(18)22(26)29/h1-7,14H,8-13H2. The summed E-state index contributed by atoms with van der Waals surface area (Å²) in [6.45, 7) is 3.40. The van der Waals surface area contributed by atoms with E-state index in [9.17, 15) is 14.4 Å². The van der Waals surface area contributed by atoms with Crippen molar-refractivity contribution < 1.29 is 14.4 Å². The number of carbonyl (C=O) groups excluding carboxylic acids is 3. The number of carbonyl (C=O) groups is 3. The first-order valence-electron chi connectivity index (χ1n) is 9.55. The van der Waals surface area contributed by atoms with E-state index >= 15 is 0 Å². The van der Waals surface area contributed by atoms with Crippen molar-refractivity contribution >= 4 is 17.7 Å². The van der Waals surface area contributed by atoms with Crippen LogP contribution < -0.4 is 0 Å². The van der Waals surface area contributed by atoms with Crippen LogP contribution in [-0.4, -0.2) is 71.7 Å². The topological polar surface area (TPSA) is 84.7 Å². The SMILES string of the molecule is N#Cc1cccc(C(=O)N2CCN(CCN3C(=O)c4ccccc4C3=O)CC2)c1. The largest absolute Gasteiger partial charge is 0.336 e. The van der Waals surface area contributed by atoms with Crippen molar-refractivity contribution in [1.29, 1.82) is 5.26 Å². The number of piperazine rings is 1. The Morgan fingerprint density at radius 3 is 2.17 bits per heavy atom. The van der Waals surface area contributed by atoms with Crippen LogP contribution in [0.4, 0.5) is 0 Å². The Hall–Kier alpha value is -3.50. The number of benzene rings is 2. The lowest BCUT2D eigenvalue weighted by atomic mass is 10.1. The van der Waals surface area contributed by atoms with Crippen molar-refractivity contribution in [3.8, 4) is 6.07 Å². The highest BCUT2D eigenvalue weighted by atomic mass is 16.2. The molecule has 0 radical (unpaired) electrons. The number of fused-ring (bicyclic) bond motifs is 1. The van der Waals surface area contributed by atoms with Crippen LogP contribution in [0.2, 0.25) is 0 Å². The predicted molar refractivity (Wildman–Crippen MR) is 105 cm³/mol. The van der Waals surface area contributed by atoms with Gasteiger partial charge in [0.1, 0.15) is 0 Å². The maximum Gasteiger partial charge on any atom is 0.261 e. The van der Waals surface area contributed by atoms with E-state index in [2.05, 4.69) is 11.0 Å². The predicted octanol–water partition coefficient (Wildman–Crippen LogP) is 1.61. The van der Waals surface area contributed by atoms with E-state index in [4.69, 9.17) is 5.26 Å². The lowest BCUT2D eigenvalue weighted by Crippen LogP contribution is -2.50. The Kier molecular flexibility index (Phi) is 5.10. The van der Waals surface area contributed by atoms with Gasteiger partial charge in [-0.05, 0) is 30.3 Å². The fourth-order valence-corrected chi connectivity index (χ4v) is 3.76. The molecule has 146 valence electrons. The van der Waals surface area contributed by atoms with Crippen LogP contribution in [0.5, 0.6) is 0 Å². The van der Waals surface area contributed by atoms with Crippen LogP contribution in [0.25, 0.3) is 0 Å². The summed E-state index contributed by atoms with van der Waals surface area (Å²) in [5, 5.41) is 9.00. The summed E-state index contributed by atoms with van der Waals surface area (Å²) in [6.07, 6.45) is 0. The number of imide groups is 1. The second-order valence-corrected chi connectivity index (χ2v) is 7.13. The molecule has 0 N–H and O–H groups in total. The molecule has 2 aromatic rings. The Labute approximate surface area is 168 Å². The molecule has 2 aromatic carbocycles. The van der Waals surface area contributed by atoms with Gasteiger partial charge in [0.2, 0.25) is 0 Å². The van der Waals surface area contributed by atoms with Crippen molar-refractivity contribution in [3.63, 3.8) is 0 Å². The third kappa shape index (κ3) is 3.62. The van der Waals surface area contributed by atoms with Gasteiger partial charge in [0.25, 0.3) is 17.7 Å². The minimum Gasteiger partial charge on any atom is -0.336 e. The number of amides is 3. The Balaban J connectivity index is 1.31. The van der Waals surface area contributed by atoms with Gasteiger partial charge in [-0.1, -0.05) is 18.2 Å². The normalized spacial score (nSPS) is 16.7. The minimum absolute atomic E-state index is 0.0814. The average Bonchev–Trinajstić information content (AvgIpc) is 3.02. The molecule has 0 aromatic heterocycles. The van der Waals surface area contributed by atoms with Crippen molar-refractivity contribution in [2.45, 2.75) is 0 Å². The molecule has 0 spiro atoms. The van der Waals surface area contributed by atoms with Gasteiger partial charge in [-0.3, -0.25) is 24.2 Å². The van der Waals surface area contributed by atoms with E-state index in [1.165, 1.54) is 4.90 Å². The van der Waals surface area contributed by atoms with Gasteiger partial charge in [0.15, 0.2) is 0 Å². The number of nitrogens with zero attached hydrogens (tertiary/aromatic N) is 4. The van der Waals surface area contributed by atoms with Crippen LogP contribution in [0, 0.1) is 11.3 Å². The monoisotopic (exact) mass is 388 g/mol. The molecular formula is C22H20N4O3. The number of hydrogen-bond donors (Lipinski definition) is 0. The van der Waals surface area contributed by atoms with Crippen LogP contribution in [-0.2, 0) is 0 Å². The van der Waals surface area contributed by atoms with Crippen LogP contribution in [0.1, 0.15) is 36.6 Å². The minimum atomic E-state index is -0.239. The zero-order chi connectivity index (χ0) is 20.4. The van der Waals surface area contributed by atoms with E-state index in [0.29, 0.717) is 61.5 Å². The molecule has 2 aliphatic heterocycles. The molecule has 0 aliphatic carbocycles. The van der Waals surface area contributed by atoms with E-state index in [1.807, 2.05) is 0 Å². The molecule has 4 rings (SSSR count). The quantitative estimate of drug-likeness (QED) is 0.743. The average molecular weight is 388 g/mol. The first kappa shape index (κ1) is 18.8. The lowest BCUT2D eigenvalue weighted by molar-refractivity contribution is 0.0578. The lowest BCUT2D eigenvalue weighted by Gasteiger charge is -2.35. The second kappa shape index (κ2) is 7.86. The van der Waals surface area contributed by atoms with Crippen LogP contribution in [0.15, 0.2) is 48.5 Å². The molecule has 0 bridgehead atoms. The summed E-state index contributed by atoms with van der Waals surface area (Å²) in [6, 6.07) is 15.6. The molecule has 1 saturated heterocycles. The first-order valence-corrected chi connectivity index (χ1v) is 9.55. The van der Waals surface area contributed by atoms with Crippen molar-refractivity contribution in [1.82, 2.24) is 14.7 Å². The Bertz CT molecular complexity index is 984. The van der Waals surface area contributed by atoms with Crippen molar-refractivity contribution in [2.24, 2.45) is 0 Å². The number of nitriles is 1. The van der Waals surface area contributed by atoms with Gasteiger partial charge in [-0.25, -0.2) is 0 Å². The third-order valence-electron chi connectivity index (χ3n) is 5.42. The molecule has 0 unspecified atom stereocenters. The van der Waals surface area contributed by atoms with Crippen LogP contribution in [0.3, 0.4) is 0 Å². The zero-order valence-electron chi connectivity index (χ0n) is 15.9. The Morgan fingerprint density at radius 1 is 0.897 bits per heavy atom. The van der Waals surface area contributed by atoms with E-state index in [0.717, 1.165) is 0 Å². The summed E-state index contributed by atoms with van der Waals surface area (Å²) in [5.74, 6) is -0.560. The maximum atomic E-state index is 12.7. The maximum absolute atomic E-state index is 12.7. The number of hydrogen-bond acceptors (Lipinski definition) is 5. The highest BCUT2D eigenvalue weighted by molar-refractivity contribution is 6.21. The molecule has 7 nitrogen and oxygen atoms in total. The molecule has 2 aliphatic rings. The van der Waals surface area contributed by atoms with Gasteiger partial charge >= 0.3 is 0 Å².